The highest BCUT2D eigenvalue weighted by molar-refractivity contribution is 6.01. The average molecular weight is 295 g/mol. The minimum absolute atomic E-state index is 0.0208. The van der Waals surface area contributed by atoms with Gasteiger partial charge in [0.2, 0.25) is 0 Å². The first-order chi connectivity index (χ1) is 10.7. The Hall–Kier alpha value is -2.13. The largest absolute Gasteiger partial charge is 0.377 e. The Morgan fingerprint density at radius 2 is 1.82 bits per heavy atom. The van der Waals surface area contributed by atoms with Crippen molar-refractivity contribution in [2.45, 2.75) is 31.9 Å². The summed E-state index contributed by atoms with van der Waals surface area (Å²) in [6.07, 6.45) is 2.26. The number of carbonyl (C=O) groups excluding carboxylic acids is 1. The van der Waals surface area contributed by atoms with Crippen molar-refractivity contribution in [1.82, 2.24) is 5.32 Å². The van der Waals surface area contributed by atoms with Gasteiger partial charge in [-0.25, -0.2) is 0 Å². The fraction of sp³-hybridized carbons (Fsp3) is 0.316. The van der Waals surface area contributed by atoms with E-state index >= 15 is 0 Å². The average Bonchev–Trinajstić information content (AvgIpc) is 3.38. The van der Waals surface area contributed by atoms with Gasteiger partial charge in [0, 0.05) is 18.7 Å². The number of benzene rings is 2. The van der Waals surface area contributed by atoms with Crippen LogP contribution in [0.4, 0.5) is 0 Å². The molecule has 0 unspecified atom stereocenters. The number of hydrogen-bond acceptors (Lipinski definition) is 2. The molecule has 1 aliphatic carbocycles. The molecule has 0 bridgehead atoms. The molecule has 22 heavy (non-hydrogen) atoms. The number of carbonyl (C=O) groups is 1. The normalized spacial score (nSPS) is 15.4. The van der Waals surface area contributed by atoms with Crippen molar-refractivity contribution in [3.63, 3.8) is 0 Å². The fourth-order valence-corrected chi connectivity index (χ4v) is 2.49. The van der Waals surface area contributed by atoms with Gasteiger partial charge in [0.05, 0.1) is 6.10 Å². The minimum atomic E-state index is 0.0208. The van der Waals surface area contributed by atoms with Gasteiger partial charge in [0.1, 0.15) is 0 Å². The molecule has 2 aromatic carbocycles. The van der Waals surface area contributed by atoms with E-state index in [1.165, 1.54) is 0 Å². The topological polar surface area (TPSA) is 38.3 Å². The highest BCUT2D eigenvalue weighted by atomic mass is 16.5. The second kappa shape index (κ2) is 6.32. The molecule has 0 saturated heterocycles. The standard InChI is InChI=1S/C19H21NO2/c1-13(22-2)14-7-9-15(10-8-14)17-5-3-4-6-18(17)19(21)20-16-11-12-16/h3-10,13,16H,11-12H2,1-2H3,(H,20,21)/t13-/m1/s1. The van der Waals surface area contributed by atoms with E-state index in [0.29, 0.717) is 6.04 Å². The predicted molar refractivity (Wildman–Crippen MR) is 87.8 cm³/mol. The second-order valence-corrected chi connectivity index (χ2v) is 5.79. The summed E-state index contributed by atoms with van der Waals surface area (Å²) in [5.41, 5.74) is 3.89. The van der Waals surface area contributed by atoms with Gasteiger partial charge in [0.25, 0.3) is 5.91 Å². The first-order valence-electron chi connectivity index (χ1n) is 7.72. The van der Waals surface area contributed by atoms with Gasteiger partial charge in [0.15, 0.2) is 0 Å². The number of amides is 1. The van der Waals surface area contributed by atoms with E-state index < -0.39 is 0 Å². The maximum atomic E-state index is 12.4. The summed E-state index contributed by atoms with van der Waals surface area (Å²) in [4.78, 5) is 12.4. The van der Waals surface area contributed by atoms with E-state index in [1.807, 2.05) is 43.3 Å². The molecule has 0 aromatic heterocycles. The minimum Gasteiger partial charge on any atom is -0.377 e. The summed E-state index contributed by atoms with van der Waals surface area (Å²) in [7, 11) is 1.70. The lowest BCUT2D eigenvalue weighted by Gasteiger charge is -2.13. The summed E-state index contributed by atoms with van der Waals surface area (Å²) < 4.78 is 5.33. The Morgan fingerprint density at radius 1 is 1.14 bits per heavy atom. The Morgan fingerprint density at radius 3 is 2.45 bits per heavy atom. The van der Waals surface area contributed by atoms with E-state index in [9.17, 15) is 4.79 Å². The number of ether oxygens (including phenoxy) is 1. The smallest absolute Gasteiger partial charge is 0.252 e. The van der Waals surface area contributed by atoms with Crippen LogP contribution in [0.1, 0.15) is 41.8 Å². The Kier molecular flexibility index (Phi) is 4.25. The number of methoxy groups -OCH3 is 1. The molecule has 0 aliphatic heterocycles. The Balaban J connectivity index is 1.89. The summed E-state index contributed by atoms with van der Waals surface area (Å²) in [5, 5.41) is 3.06. The van der Waals surface area contributed by atoms with Crippen LogP contribution in [0.15, 0.2) is 48.5 Å². The number of rotatable bonds is 5. The quantitative estimate of drug-likeness (QED) is 0.907. The van der Waals surface area contributed by atoms with Crippen molar-refractivity contribution in [3.05, 3.63) is 59.7 Å². The van der Waals surface area contributed by atoms with Gasteiger partial charge in [-0.1, -0.05) is 42.5 Å². The first-order valence-corrected chi connectivity index (χ1v) is 7.72. The molecule has 0 spiro atoms. The van der Waals surface area contributed by atoms with Gasteiger partial charge in [-0.05, 0) is 42.5 Å². The molecule has 1 amide bonds. The number of hydrogen-bond donors (Lipinski definition) is 1. The molecular formula is C19H21NO2. The summed E-state index contributed by atoms with van der Waals surface area (Å²) >= 11 is 0. The van der Waals surface area contributed by atoms with Gasteiger partial charge >= 0.3 is 0 Å². The number of nitrogens with one attached hydrogen (secondary N) is 1. The lowest BCUT2D eigenvalue weighted by Crippen LogP contribution is -2.25. The third kappa shape index (κ3) is 3.20. The van der Waals surface area contributed by atoms with Gasteiger partial charge < -0.3 is 10.1 Å². The molecule has 0 heterocycles. The molecule has 2 aromatic rings. The van der Waals surface area contributed by atoms with Crippen LogP contribution in [0.25, 0.3) is 11.1 Å². The zero-order chi connectivity index (χ0) is 15.5. The van der Waals surface area contributed by atoms with Crippen LogP contribution in [0, 0.1) is 0 Å². The molecule has 1 N–H and O–H groups in total. The summed E-state index contributed by atoms with van der Waals surface area (Å²) in [5.74, 6) is 0.0208. The van der Waals surface area contributed by atoms with E-state index in [4.69, 9.17) is 4.74 Å². The van der Waals surface area contributed by atoms with Crippen molar-refractivity contribution < 1.29 is 9.53 Å². The molecule has 114 valence electrons. The zero-order valence-corrected chi connectivity index (χ0v) is 13.0. The molecule has 3 nitrogen and oxygen atoms in total. The van der Waals surface area contributed by atoms with Crippen LogP contribution in [-0.2, 0) is 4.74 Å². The van der Waals surface area contributed by atoms with Crippen LogP contribution in [-0.4, -0.2) is 19.1 Å². The van der Waals surface area contributed by atoms with E-state index in [2.05, 4.69) is 17.4 Å². The predicted octanol–water partition coefficient (Wildman–Crippen LogP) is 3.95. The maximum absolute atomic E-state index is 12.4. The lowest BCUT2D eigenvalue weighted by molar-refractivity contribution is 0.0951. The van der Waals surface area contributed by atoms with E-state index in [-0.39, 0.29) is 12.0 Å². The molecule has 0 radical (unpaired) electrons. The molecule has 1 saturated carbocycles. The molecular weight excluding hydrogens is 274 g/mol. The van der Waals surface area contributed by atoms with Crippen molar-refractivity contribution >= 4 is 5.91 Å². The summed E-state index contributed by atoms with van der Waals surface area (Å²) in [6.45, 7) is 2.02. The van der Waals surface area contributed by atoms with Gasteiger partial charge in [-0.2, -0.15) is 0 Å². The highest BCUT2D eigenvalue weighted by Crippen LogP contribution is 2.27. The Labute approximate surface area is 131 Å². The SMILES string of the molecule is CO[C@H](C)c1ccc(-c2ccccc2C(=O)NC2CC2)cc1. The molecule has 3 rings (SSSR count). The third-order valence-electron chi connectivity index (χ3n) is 4.13. The van der Waals surface area contributed by atoms with Crippen LogP contribution in [0.2, 0.25) is 0 Å². The van der Waals surface area contributed by atoms with Crippen molar-refractivity contribution in [2.24, 2.45) is 0 Å². The monoisotopic (exact) mass is 295 g/mol. The zero-order valence-electron chi connectivity index (χ0n) is 13.0. The van der Waals surface area contributed by atoms with E-state index in [0.717, 1.165) is 35.1 Å². The second-order valence-electron chi connectivity index (χ2n) is 5.79. The third-order valence-corrected chi connectivity index (χ3v) is 4.13. The molecule has 3 heteroatoms. The van der Waals surface area contributed by atoms with Crippen molar-refractivity contribution in [1.29, 1.82) is 0 Å². The highest BCUT2D eigenvalue weighted by Gasteiger charge is 2.24. The fourth-order valence-electron chi connectivity index (χ4n) is 2.49. The van der Waals surface area contributed by atoms with Crippen LogP contribution >= 0.6 is 0 Å². The van der Waals surface area contributed by atoms with Crippen molar-refractivity contribution in [3.8, 4) is 11.1 Å². The lowest BCUT2D eigenvalue weighted by atomic mass is 9.97. The van der Waals surface area contributed by atoms with Gasteiger partial charge in [-0.3, -0.25) is 4.79 Å². The maximum Gasteiger partial charge on any atom is 0.252 e. The molecule has 1 aliphatic rings. The summed E-state index contributed by atoms with van der Waals surface area (Å²) in [6, 6.07) is 16.3. The van der Waals surface area contributed by atoms with E-state index in [1.54, 1.807) is 7.11 Å². The van der Waals surface area contributed by atoms with Crippen molar-refractivity contribution in [2.75, 3.05) is 7.11 Å². The van der Waals surface area contributed by atoms with Crippen LogP contribution in [0.3, 0.4) is 0 Å². The first kappa shape index (κ1) is 14.8. The Bertz CT molecular complexity index is 659. The molecule has 1 atom stereocenters. The van der Waals surface area contributed by atoms with Crippen LogP contribution in [0.5, 0.6) is 0 Å². The van der Waals surface area contributed by atoms with Crippen LogP contribution < -0.4 is 5.32 Å². The molecule has 1 fully saturated rings. The van der Waals surface area contributed by atoms with Gasteiger partial charge in [-0.15, -0.1) is 0 Å².